The minimum atomic E-state index is -6.34. The fourth-order valence-corrected chi connectivity index (χ4v) is 10.5. The van der Waals surface area contributed by atoms with Crippen LogP contribution in [0.25, 0.3) is 0 Å². The summed E-state index contributed by atoms with van der Waals surface area (Å²) in [6, 6.07) is 6.48. The Morgan fingerprint density at radius 3 is 2.04 bits per heavy atom. The fourth-order valence-electron chi connectivity index (χ4n) is 8.12. The van der Waals surface area contributed by atoms with Crippen molar-refractivity contribution in [2.75, 3.05) is 6.54 Å². The molecule has 47 heavy (non-hydrogen) atoms. The molecule has 1 amide bonds. The normalized spacial score (nSPS) is 26.9. The SMILES string of the molecule is CCCC1(C(=O)O)CCC(C(=O)N2CCC3(S(=O)(=O)c4ccc(C)cc4)c4ccc(C(F)(C(F)(F)F)C(F)(F)F)cc4CCC23)CC1. The molecule has 1 heterocycles. The number of likely N-dealkylation sites (tertiary alicyclic amines) is 1. The van der Waals surface area contributed by atoms with Gasteiger partial charge in [0.2, 0.25) is 5.91 Å². The highest BCUT2D eigenvalue weighted by atomic mass is 32.2. The number of carboxylic acid groups (broad SMARTS) is 1. The van der Waals surface area contributed by atoms with E-state index in [4.69, 9.17) is 0 Å². The van der Waals surface area contributed by atoms with Crippen molar-refractivity contribution in [3.63, 3.8) is 0 Å². The number of alkyl halides is 7. The van der Waals surface area contributed by atoms with Crippen molar-refractivity contribution < 1.29 is 53.8 Å². The first-order valence-electron chi connectivity index (χ1n) is 15.6. The van der Waals surface area contributed by atoms with Crippen LogP contribution >= 0.6 is 0 Å². The maximum Gasteiger partial charge on any atom is 0.435 e. The maximum atomic E-state index is 15.1. The average molecular weight is 692 g/mol. The van der Waals surface area contributed by atoms with Crippen LogP contribution in [0.15, 0.2) is 47.4 Å². The van der Waals surface area contributed by atoms with Gasteiger partial charge in [0.25, 0.3) is 0 Å². The summed E-state index contributed by atoms with van der Waals surface area (Å²) >= 11 is 0. The minimum absolute atomic E-state index is 0.0521. The molecule has 3 aliphatic rings. The van der Waals surface area contributed by atoms with Crippen molar-refractivity contribution in [1.82, 2.24) is 4.90 Å². The van der Waals surface area contributed by atoms with Crippen LogP contribution in [0.1, 0.15) is 80.5 Å². The molecule has 0 spiro atoms. The highest BCUT2D eigenvalue weighted by Gasteiger charge is 2.74. The Bertz CT molecular complexity index is 1630. The van der Waals surface area contributed by atoms with Gasteiger partial charge < -0.3 is 10.0 Å². The molecule has 1 N–H and O–H groups in total. The zero-order chi connectivity index (χ0) is 34.8. The summed E-state index contributed by atoms with van der Waals surface area (Å²) < 4.78 is 124. The van der Waals surface area contributed by atoms with Crippen LogP contribution in [0.3, 0.4) is 0 Å². The predicted octanol–water partition coefficient (Wildman–Crippen LogP) is 7.56. The first-order valence-corrected chi connectivity index (χ1v) is 17.1. The highest BCUT2D eigenvalue weighted by molar-refractivity contribution is 7.92. The van der Waals surface area contributed by atoms with Crippen LogP contribution in [0.4, 0.5) is 30.7 Å². The Labute approximate surface area is 268 Å². The zero-order valence-corrected chi connectivity index (χ0v) is 26.7. The molecule has 5 rings (SSSR count). The molecule has 2 aliphatic carbocycles. The number of carbonyl (C=O) groups is 2. The Morgan fingerprint density at radius 1 is 0.915 bits per heavy atom. The number of aliphatic carboxylic acids is 1. The second-order valence-corrected chi connectivity index (χ2v) is 15.4. The van der Waals surface area contributed by atoms with Gasteiger partial charge in [0.05, 0.1) is 16.4 Å². The number of aryl methyl sites for hydroxylation is 2. The Hall–Kier alpha value is -3.16. The number of hydrogen-bond donors (Lipinski definition) is 1. The summed E-state index contributed by atoms with van der Waals surface area (Å²) in [5.41, 5.74) is -7.81. The van der Waals surface area contributed by atoms with Crippen LogP contribution < -0.4 is 0 Å². The third kappa shape index (κ3) is 5.32. The third-order valence-electron chi connectivity index (χ3n) is 10.6. The molecule has 1 saturated heterocycles. The molecule has 14 heteroatoms. The molecular formula is C33H36F7NO5S. The molecule has 2 aromatic rings. The first kappa shape index (κ1) is 35.2. The molecule has 2 unspecified atom stereocenters. The number of benzene rings is 2. The molecule has 2 atom stereocenters. The van der Waals surface area contributed by atoms with E-state index in [0.29, 0.717) is 25.0 Å². The van der Waals surface area contributed by atoms with Gasteiger partial charge in [-0.25, -0.2) is 12.8 Å². The van der Waals surface area contributed by atoms with Gasteiger partial charge in [0.1, 0.15) is 4.75 Å². The van der Waals surface area contributed by atoms with E-state index in [1.54, 1.807) is 19.1 Å². The average Bonchev–Trinajstić information content (AvgIpc) is 3.41. The van der Waals surface area contributed by atoms with Crippen LogP contribution in [0, 0.1) is 18.3 Å². The number of sulfone groups is 1. The van der Waals surface area contributed by atoms with Crippen molar-refractivity contribution >= 4 is 21.7 Å². The van der Waals surface area contributed by atoms with Crippen LogP contribution in [-0.4, -0.2) is 55.2 Å². The number of nitrogens with zero attached hydrogens (tertiary/aromatic N) is 1. The summed E-state index contributed by atoms with van der Waals surface area (Å²) in [7, 11) is -4.44. The van der Waals surface area contributed by atoms with Gasteiger partial charge in [-0.05, 0) is 81.5 Å². The lowest BCUT2D eigenvalue weighted by molar-refractivity contribution is -0.348. The van der Waals surface area contributed by atoms with Crippen molar-refractivity contribution in [1.29, 1.82) is 0 Å². The van der Waals surface area contributed by atoms with Gasteiger partial charge in [-0.1, -0.05) is 49.2 Å². The molecular weight excluding hydrogens is 655 g/mol. The minimum Gasteiger partial charge on any atom is -0.481 e. The van der Waals surface area contributed by atoms with Gasteiger partial charge in [-0.15, -0.1) is 0 Å². The number of carbonyl (C=O) groups excluding carboxylic acids is 1. The first-order chi connectivity index (χ1) is 21.8. The van der Waals surface area contributed by atoms with E-state index in [1.165, 1.54) is 17.0 Å². The van der Waals surface area contributed by atoms with Gasteiger partial charge in [0.15, 0.2) is 9.84 Å². The number of rotatable bonds is 7. The number of fused-ring (bicyclic) bond motifs is 3. The van der Waals surface area contributed by atoms with Crippen molar-refractivity contribution in [3.05, 3.63) is 64.7 Å². The van der Waals surface area contributed by atoms with Crippen LogP contribution in [-0.2, 0) is 36.3 Å². The number of carboxylic acids is 1. The Kier molecular flexibility index (Phi) is 8.80. The van der Waals surface area contributed by atoms with Gasteiger partial charge in [-0.3, -0.25) is 9.59 Å². The van der Waals surface area contributed by atoms with Crippen molar-refractivity contribution in [2.45, 2.75) is 105 Å². The summed E-state index contributed by atoms with van der Waals surface area (Å²) in [6.07, 6.45) is -11.0. The molecule has 6 nitrogen and oxygen atoms in total. The lowest BCUT2D eigenvalue weighted by Crippen LogP contribution is -2.54. The summed E-state index contributed by atoms with van der Waals surface area (Å²) in [5, 5.41) is 9.90. The van der Waals surface area contributed by atoms with Crippen molar-refractivity contribution in [3.8, 4) is 0 Å². The third-order valence-corrected chi connectivity index (χ3v) is 13.2. The van der Waals surface area contributed by atoms with E-state index in [1.807, 2.05) is 6.92 Å². The second kappa shape index (κ2) is 11.8. The fraction of sp³-hybridized carbons (Fsp3) is 0.576. The smallest absolute Gasteiger partial charge is 0.435 e. The monoisotopic (exact) mass is 691 g/mol. The summed E-state index contributed by atoms with van der Waals surface area (Å²) in [6.45, 7) is 3.56. The molecule has 0 radical (unpaired) electrons. The second-order valence-electron chi connectivity index (χ2n) is 13.2. The summed E-state index contributed by atoms with van der Waals surface area (Å²) in [4.78, 5) is 27.5. The summed E-state index contributed by atoms with van der Waals surface area (Å²) in [5.74, 6) is -1.86. The number of halogens is 7. The molecule has 1 aliphatic heterocycles. The molecule has 0 aromatic heterocycles. The van der Waals surface area contributed by atoms with Gasteiger partial charge >= 0.3 is 24.0 Å². The predicted molar refractivity (Wildman–Crippen MR) is 157 cm³/mol. The van der Waals surface area contributed by atoms with Crippen molar-refractivity contribution in [2.24, 2.45) is 11.3 Å². The van der Waals surface area contributed by atoms with Crippen LogP contribution in [0.5, 0.6) is 0 Å². The zero-order valence-electron chi connectivity index (χ0n) is 25.8. The standard InChI is InChI=1S/C33H36F7NO5S/c1-3-14-29(28(43)44)15-12-21(13-16-29)27(42)41-18-17-30(47(45,46)24-8-4-20(2)5-9-24)25-10-7-23(19-22(25)6-11-26(30)41)31(34,32(35,36)37)33(38,39)40/h4-5,7-10,19,21,26H,3,6,11-18H2,1-2H3,(H,43,44). The van der Waals surface area contributed by atoms with Gasteiger partial charge in [0, 0.05) is 18.0 Å². The van der Waals surface area contributed by atoms with Gasteiger partial charge in [-0.2, -0.15) is 26.3 Å². The molecule has 2 fully saturated rings. The Balaban J connectivity index is 1.59. The lowest BCUT2D eigenvalue weighted by Gasteiger charge is -2.44. The van der Waals surface area contributed by atoms with E-state index in [-0.39, 0.29) is 73.4 Å². The molecule has 0 bridgehead atoms. The van der Waals surface area contributed by atoms with E-state index in [9.17, 15) is 49.5 Å². The Morgan fingerprint density at radius 2 is 1.51 bits per heavy atom. The largest absolute Gasteiger partial charge is 0.481 e. The highest BCUT2D eigenvalue weighted by Crippen LogP contribution is 2.57. The number of amides is 1. The van der Waals surface area contributed by atoms with E-state index >= 15 is 4.39 Å². The molecule has 2 aromatic carbocycles. The topological polar surface area (TPSA) is 91.8 Å². The molecule has 1 saturated carbocycles. The lowest BCUT2D eigenvalue weighted by atomic mass is 9.68. The van der Waals surface area contributed by atoms with E-state index < -0.39 is 61.5 Å². The maximum absolute atomic E-state index is 15.1. The number of hydrogen-bond acceptors (Lipinski definition) is 4. The molecule has 258 valence electrons. The van der Waals surface area contributed by atoms with Crippen LogP contribution in [0.2, 0.25) is 0 Å². The van der Waals surface area contributed by atoms with E-state index in [0.717, 1.165) is 11.6 Å². The van der Waals surface area contributed by atoms with E-state index in [2.05, 4.69) is 0 Å². The quantitative estimate of drug-likeness (QED) is 0.303.